The molecule has 1 unspecified atom stereocenters. The number of likely N-dealkylation sites (tertiary alicyclic amines) is 2. The zero-order chi connectivity index (χ0) is 43.8. The van der Waals surface area contributed by atoms with Gasteiger partial charge in [-0.15, -0.1) is 0 Å². The van der Waals surface area contributed by atoms with Crippen LogP contribution in [-0.4, -0.2) is 113 Å². The molecule has 2 aliphatic rings. The van der Waals surface area contributed by atoms with Crippen molar-refractivity contribution in [3.63, 3.8) is 0 Å². The van der Waals surface area contributed by atoms with E-state index < -0.39 is 85.1 Å². The Morgan fingerprint density at radius 1 is 0.817 bits per heavy atom. The molecule has 0 saturated carbocycles. The van der Waals surface area contributed by atoms with Crippen molar-refractivity contribution in [2.24, 2.45) is 17.6 Å². The number of hydrogen-bond acceptors (Lipinski definition) is 10. The third-order valence-corrected chi connectivity index (χ3v) is 13.3. The standard InChI is InChI=1S/C43H63N6O10P/c1-29(2)25-34(42(54)58-4)46-39(51)35-20-13-23-48(35)41(53)30(3)28-60(56,57)37(26-31-15-7-5-8-16-31)47-38(50)33(19-11-12-22-44)45-40(52)36-21-14-24-49(36)43(55)59-27-32-17-9-6-10-18-32/h5-10,15-18,29-30,33-37H,11-14,19-28,44H2,1-4H3,(H,45,52)(H,46,51)(H,47,50)(H,56,57)/t30-,33+,34+,35+,36+,37-/m1/s1. The highest BCUT2D eigenvalue weighted by molar-refractivity contribution is 7.58. The highest BCUT2D eigenvalue weighted by Gasteiger charge is 2.42. The van der Waals surface area contributed by atoms with Crippen LogP contribution in [0.15, 0.2) is 60.7 Å². The number of hydrogen-bond donors (Lipinski definition) is 5. The lowest BCUT2D eigenvalue weighted by molar-refractivity contribution is -0.147. The molecule has 16 nitrogen and oxygen atoms in total. The Kier molecular flexibility index (Phi) is 18.6. The van der Waals surface area contributed by atoms with Crippen molar-refractivity contribution in [3.05, 3.63) is 71.8 Å². The van der Waals surface area contributed by atoms with E-state index in [1.54, 1.807) is 30.3 Å². The maximum Gasteiger partial charge on any atom is 0.410 e. The monoisotopic (exact) mass is 854 g/mol. The molecule has 2 saturated heterocycles. The van der Waals surface area contributed by atoms with Crippen LogP contribution in [0.3, 0.4) is 0 Å². The Balaban J connectivity index is 1.48. The van der Waals surface area contributed by atoms with E-state index in [2.05, 4.69) is 16.0 Å². The van der Waals surface area contributed by atoms with Gasteiger partial charge in [-0.05, 0) is 75.0 Å². The second-order valence-corrected chi connectivity index (χ2v) is 18.7. The number of ether oxygens (including phenoxy) is 2. The zero-order valence-corrected chi connectivity index (χ0v) is 36.1. The summed E-state index contributed by atoms with van der Waals surface area (Å²) in [5.41, 5.74) is 7.20. The molecule has 2 aliphatic heterocycles. The lowest BCUT2D eigenvalue weighted by Gasteiger charge is -2.31. The predicted octanol–water partition coefficient (Wildman–Crippen LogP) is 3.69. The average molecular weight is 855 g/mol. The molecule has 17 heteroatoms. The third-order valence-electron chi connectivity index (χ3n) is 10.9. The second kappa shape index (κ2) is 23.3. The summed E-state index contributed by atoms with van der Waals surface area (Å²) >= 11 is 0. The van der Waals surface area contributed by atoms with Crippen molar-refractivity contribution in [3.8, 4) is 0 Å². The Morgan fingerprint density at radius 3 is 1.97 bits per heavy atom. The zero-order valence-electron chi connectivity index (χ0n) is 35.3. The molecule has 330 valence electrons. The largest absolute Gasteiger partial charge is 0.467 e. The van der Waals surface area contributed by atoms with Crippen LogP contribution in [0.2, 0.25) is 0 Å². The molecular formula is C43H63N6O10P. The maximum absolute atomic E-state index is 14.4. The van der Waals surface area contributed by atoms with E-state index in [4.69, 9.17) is 15.2 Å². The summed E-state index contributed by atoms with van der Waals surface area (Å²) in [5.74, 6) is -5.12. The molecule has 0 radical (unpaired) electrons. The maximum atomic E-state index is 14.4. The fourth-order valence-electron chi connectivity index (χ4n) is 7.77. The van der Waals surface area contributed by atoms with Gasteiger partial charge in [-0.25, -0.2) is 9.59 Å². The van der Waals surface area contributed by atoms with E-state index in [9.17, 15) is 38.2 Å². The molecule has 0 spiro atoms. The van der Waals surface area contributed by atoms with E-state index >= 15 is 0 Å². The lowest BCUT2D eigenvalue weighted by Crippen LogP contribution is -2.54. The summed E-state index contributed by atoms with van der Waals surface area (Å²) in [4.78, 5) is 95.3. The highest BCUT2D eigenvalue weighted by Crippen LogP contribution is 2.48. The minimum atomic E-state index is -4.40. The number of methoxy groups -OCH3 is 1. The first-order valence-corrected chi connectivity index (χ1v) is 22.9. The first-order valence-electron chi connectivity index (χ1n) is 21.0. The Bertz CT molecular complexity index is 1800. The van der Waals surface area contributed by atoms with Crippen LogP contribution in [0.1, 0.15) is 83.3 Å². The average Bonchev–Trinajstić information content (AvgIpc) is 3.93. The smallest absolute Gasteiger partial charge is 0.410 e. The predicted molar refractivity (Wildman–Crippen MR) is 225 cm³/mol. The fraction of sp³-hybridized carbons (Fsp3) is 0.581. The number of benzene rings is 2. The van der Waals surface area contributed by atoms with Gasteiger partial charge in [0.2, 0.25) is 31.0 Å². The Labute approximate surface area is 353 Å². The van der Waals surface area contributed by atoms with Gasteiger partial charge in [0, 0.05) is 31.6 Å². The summed E-state index contributed by atoms with van der Waals surface area (Å²) in [6, 6.07) is 14.2. The minimum Gasteiger partial charge on any atom is -0.467 e. The van der Waals surface area contributed by atoms with Crippen LogP contribution in [-0.2, 0) is 51.0 Å². The third kappa shape index (κ3) is 13.9. The Morgan fingerprint density at radius 2 is 1.38 bits per heavy atom. The number of nitrogens with one attached hydrogen (secondary N) is 3. The van der Waals surface area contributed by atoms with Gasteiger partial charge in [0.25, 0.3) is 0 Å². The number of nitrogens with zero attached hydrogens (tertiary/aromatic N) is 2. The number of nitrogens with two attached hydrogens (primary N) is 1. The number of esters is 1. The summed E-state index contributed by atoms with van der Waals surface area (Å²) < 4.78 is 24.8. The molecule has 2 heterocycles. The van der Waals surface area contributed by atoms with Gasteiger partial charge in [-0.2, -0.15) is 0 Å². The van der Waals surface area contributed by atoms with Gasteiger partial charge in [0.1, 0.15) is 36.6 Å². The van der Waals surface area contributed by atoms with Crippen molar-refractivity contribution in [1.82, 2.24) is 25.8 Å². The van der Waals surface area contributed by atoms with Crippen molar-refractivity contribution in [2.45, 2.75) is 115 Å². The SMILES string of the molecule is COC(=O)[C@H](CC(C)C)NC(=O)[C@@H]1CCCN1C(=O)[C@H](C)CP(=O)(O)[C@H](Cc1ccccc1)NC(=O)[C@H](CCCCN)NC(=O)[C@@H]1CCCN1C(=O)OCc1ccccc1. The lowest BCUT2D eigenvalue weighted by atomic mass is 10.0. The van der Waals surface area contributed by atoms with Gasteiger partial charge in [-0.3, -0.25) is 28.6 Å². The Hall–Kier alpha value is -4.79. The molecule has 60 heavy (non-hydrogen) atoms. The van der Waals surface area contributed by atoms with Crippen molar-refractivity contribution >= 4 is 43.1 Å². The second-order valence-electron chi connectivity index (χ2n) is 16.2. The van der Waals surface area contributed by atoms with Crippen LogP contribution in [0.5, 0.6) is 0 Å². The van der Waals surface area contributed by atoms with Crippen LogP contribution in [0.25, 0.3) is 0 Å². The van der Waals surface area contributed by atoms with Gasteiger partial charge in [0.05, 0.1) is 7.11 Å². The van der Waals surface area contributed by atoms with Crippen molar-refractivity contribution < 1.29 is 47.7 Å². The van der Waals surface area contributed by atoms with Gasteiger partial charge in [0.15, 0.2) is 0 Å². The van der Waals surface area contributed by atoms with E-state index in [0.717, 1.165) is 5.56 Å². The summed E-state index contributed by atoms with van der Waals surface area (Å²) in [6.07, 6.45) is 2.15. The minimum absolute atomic E-state index is 0.0344. The van der Waals surface area contributed by atoms with Crippen LogP contribution < -0.4 is 21.7 Å². The van der Waals surface area contributed by atoms with Crippen molar-refractivity contribution in [1.29, 1.82) is 0 Å². The number of carbonyl (C=O) groups is 6. The number of carbonyl (C=O) groups excluding carboxylic acids is 6. The number of unbranched alkanes of at least 4 members (excludes halogenated alkanes) is 1. The van der Waals surface area contributed by atoms with E-state index in [1.807, 2.05) is 44.2 Å². The van der Waals surface area contributed by atoms with E-state index in [0.29, 0.717) is 63.6 Å². The van der Waals surface area contributed by atoms with Gasteiger partial charge < -0.3 is 41.0 Å². The molecular weight excluding hydrogens is 791 g/mol. The molecule has 6 N–H and O–H groups in total. The highest BCUT2D eigenvalue weighted by atomic mass is 31.2. The molecule has 0 aromatic heterocycles. The van der Waals surface area contributed by atoms with Gasteiger partial charge in [-0.1, -0.05) is 81.4 Å². The molecule has 5 amide bonds. The normalized spacial score (nSPS) is 19.4. The molecule has 0 aliphatic carbocycles. The number of amides is 5. The fourth-order valence-corrected chi connectivity index (χ4v) is 9.79. The molecule has 4 rings (SSSR count). The molecule has 0 bridgehead atoms. The first kappa shape index (κ1) is 47.9. The summed E-state index contributed by atoms with van der Waals surface area (Å²) in [5, 5.41) is 8.30. The van der Waals surface area contributed by atoms with Gasteiger partial charge >= 0.3 is 12.1 Å². The molecule has 2 aromatic rings. The van der Waals surface area contributed by atoms with Crippen molar-refractivity contribution in [2.75, 3.05) is 32.9 Å². The van der Waals surface area contributed by atoms with Crippen LogP contribution in [0, 0.1) is 11.8 Å². The molecule has 2 aromatic carbocycles. The quantitative estimate of drug-likeness (QED) is 0.0692. The van der Waals surface area contributed by atoms with Crippen LogP contribution in [0.4, 0.5) is 4.79 Å². The summed E-state index contributed by atoms with van der Waals surface area (Å²) in [7, 11) is -3.16. The van der Waals surface area contributed by atoms with E-state index in [-0.39, 0.29) is 31.9 Å². The first-order chi connectivity index (χ1) is 28.6. The molecule has 7 atom stereocenters. The molecule has 2 fully saturated rings. The van der Waals surface area contributed by atoms with Crippen LogP contribution >= 0.6 is 7.37 Å². The topological polar surface area (TPSA) is 227 Å². The summed E-state index contributed by atoms with van der Waals surface area (Å²) in [6.45, 7) is 6.27. The number of rotatable bonds is 21. The van der Waals surface area contributed by atoms with E-state index in [1.165, 1.54) is 23.8 Å².